The number of carbonyl (C=O) groups excluding carboxylic acids is 1. The molecule has 5 heteroatoms. The van der Waals surface area contributed by atoms with Gasteiger partial charge in [0.2, 0.25) is 5.91 Å². The van der Waals surface area contributed by atoms with Gasteiger partial charge >= 0.3 is 0 Å². The van der Waals surface area contributed by atoms with Crippen molar-refractivity contribution in [3.63, 3.8) is 0 Å². The van der Waals surface area contributed by atoms with Crippen LogP contribution < -0.4 is 5.32 Å². The van der Waals surface area contributed by atoms with Crippen molar-refractivity contribution in [1.82, 2.24) is 5.32 Å². The van der Waals surface area contributed by atoms with Gasteiger partial charge in [-0.15, -0.1) is 0 Å². The molecule has 3 unspecified atom stereocenters. The van der Waals surface area contributed by atoms with Crippen LogP contribution in [-0.4, -0.2) is 31.9 Å². The molecule has 3 atom stereocenters. The number of carbonyl (C=O) groups is 1. The zero-order chi connectivity index (χ0) is 20.7. The second kappa shape index (κ2) is 8.16. The first kappa shape index (κ1) is 21.6. The first-order valence-corrected chi connectivity index (χ1v) is 14.1. The van der Waals surface area contributed by atoms with Crippen LogP contribution in [0, 0.1) is 28.6 Å². The number of hydrogen-bond donors (Lipinski definition) is 1. The van der Waals surface area contributed by atoms with E-state index in [1.165, 1.54) is 38.5 Å². The highest BCUT2D eigenvalue weighted by molar-refractivity contribution is 7.91. The predicted molar refractivity (Wildman–Crippen MR) is 117 cm³/mol. The molecule has 166 valence electrons. The molecule has 0 heterocycles. The Morgan fingerprint density at radius 1 is 1.00 bits per heavy atom. The molecule has 29 heavy (non-hydrogen) atoms. The van der Waals surface area contributed by atoms with E-state index in [9.17, 15) is 13.2 Å². The van der Waals surface area contributed by atoms with E-state index in [0.29, 0.717) is 23.6 Å². The minimum atomic E-state index is -2.90. The lowest BCUT2D eigenvalue weighted by Gasteiger charge is -2.53. The summed E-state index contributed by atoms with van der Waals surface area (Å²) in [5.41, 5.74) is 0.000873. The van der Waals surface area contributed by atoms with Gasteiger partial charge in [-0.1, -0.05) is 26.2 Å². The summed E-state index contributed by atoms with van der Waals surface area (Å²) in [5.74, 6) is 3.32. The van der Waals surface area contributed by atoms with Crippen LogP contribution >= 0.6 is 0 Å². The van der Waals surface area contributed by atoms with Crippen LogP contribution in [0.5, 0.6) is 0 Å². The summed E-state index contributed by atoms with van der Waals surface area (Å²) in [5, 5.41) is 3.47. The summed E-state index contributed by atoms with van der Waals surface area (Å²) in [7, 11) is -2.90. The van der Waals surface area contributed by atoms with Crippen molar-refractivity contribution in [3.05, 3.63) is 0 Å². The van der Waals surface area contributed by atoms with Crippen molar-refractivity contribution in [2.45, 2.75) is 103 Å². The normalized spacial score (nSPS) is 40.4. The highest BCUT2D eigenvalue weighted by Gasteiger charge is 2.52. The maximum atomic E-state index is 13.3. The van der Waals surface area contributed by atoms with Gasteiger partial charge in [-0.2, -0.15) is 0 Å². The van der Waals surface area contributed by atoms with Gasteiger partial charge < -0.3 is 5.32 Å². The summed E-state index contributed by atoms with van der Waals surface area (Å²) in [4.78, 5) is 13.3. The number of rotatable bonds is 7. The Labute approximate surface area is 177 Å². The quantitative estimate of drug-likeness (QED) is 0.635. The van der Waals surface area contributed by atoms with Gasteiger partial charge in [-0.05, 0) is 94.3 Å². The van der Waals surface area contributed by atoms with Crippen LogP contribution in [-0.2, 0) is 14.6 Å². The monoisotopic (exact) mass is 423 g/mol. The number of hydrogen-bond acceptors (Lipinski definition) is 3. The lowest BCUT2D eigenvalue weighted by molar-refractivity contribution is -0.141. The van der Waals surface area contributed by atoms with Gasteiger partial charge in [0, 0.05) is 17.2 Å². The van der Waals surface area contributed by atoms with Crippen LogP contribution in [0.3, 0.4) is 0 Å². The van der Waals surface area contributed by atoms with Gasteiger partial charge in [0.15, 0.2) is 0 Å². The second-order valence-electron chi connectivity index (χ2n) is 11.2. The first-order chi connectivity index (χ1) is 13.7. The molecule has 1 N–H and O–H groups in total. The lowest BCUT2D eigenvalue weighted by Crippen LogP contribution is -2.53. The molecule has 0 saturated heterocycles. The maximum Gasteiger partial charge on any atom is 0.226 e. The Kier molecular flexibility index (Phi) is 6.09. The highest BCUT2D eigenvalue weighted by Crippen LogP contribution is 2.58. The summed E-state index contributed by atoms with van der Waals surface area (Å²) in [6.45, 7) is 3.98. The fourth-order valence-electron chi connectivity index (χ4n) is 7.16. The third kappa shape index (κ3) is 4.55. The molecule has 0 aromatic carbocycles. The molecule has 0 aromatic heterocycles. The van der Waals surface area contributed by atoms with Crippen molar-refractivity contribution in [2.24, 2.45) is 28.6 Å². The summed E-state index contributed by atoms with van der Waals surface area (Å²) >= 11 is 0. The van der Waals surface area contributed by atoms with E-state index in [1.54, 1.807) is 6.92 Å². The highest BCUT2D eigenvalue weighted by atomic mass is 32.2. The van der Waals surface area contributed by atoms with Crippen molar-refractivity contribution >= 4 is 15.7 Å². The molecule has 5 aliphatic carbocycles. The molecule has 5 aliphatic rings. The van der Waals surface area contributed by atoms with Crippen molar-refractivity contribution in [3.8, 4) is 0 Å². The summed E-state index contributed by atoms with van der Waals surface area (Å²) in [6, 6.07) is 0.295. The standard InChI is InChI=1S/C24H41NO3S/c1-3-29(27,28)14-13-23-7-10-24(11-8-23,12-9-23)22(26)25-18(2)21-16-19-5-4-6-20(15-19)17-21/h18-21H,3-17H2,1-2H3,(H,25,26). The Morgan fingerprint density at radius 3 is 2.14 bits per heavy atom. The van der Waals surface area contributed by atoms with Gasteiger partial charge in [0.1, 0.15) is 9.84 Å². The van der Waals surface area contributed by atoms with Crippen molar-refractivity contribution in [1.29, 1.82) is 0 Å². The van der Waals surface area contributed by atoms with Crippen LogP contribution in [0.1, 0.15) is 97.3 Å². The Balaban J connectivity index is 1.31. The maximum absolute atomic E-state index is 13.3. The van der Waals surface area contributed by atoms with Crippen molar-refractivity contribution < 1.29 is 13.2 Å². The molecular formula is C24H41NO3S. The smallest absolute Gasteiger partial charge is 0.226 e. The van der Waals surface area contributed by atoms with Crippen molar-refractivity contribution in [2.75, 3.05) is 11.5 Å². The van der Waals surface area contributed by atoms with E-state index in [-0.39, 0.29) is 16.6 Å². The topological polar surface area (TPSA) is 63.2 Å². The number of amides is 1. The number of nitrogens with one attached hydrogen (secondary N) is 1. The average Bonchev–Trinajstić information content (AvgIpc) is 2.73. The molecule has 0 radical (unpaired) electrons. The van der Waals surface area contributed by atoms with E-state index in [4.69, 9.17) is 0 Å². The Morgan fingerprint density at radius 2 is 1.59 bits per heavy atom. The van der Waals surface area contributed by atoms with Gasteiger partial charge in [-0.25, -0.2) is 8.42 Å². The third-order valence-corrected chi connectivity index (χ3v) is 11.2. The minimum Gasteiger partial charge on any atom is -0.353 e. The molecule has 5 saturated carbocycles. The molecule has 5 rings (SSSR count). The van der Waals surface area contributed by atoms with Gasteiger partial charge in [0.05, 0.1) is 5.75 Å². The molecule has 4 bridgehead atoms. The van der Waals surface area contributed by atoms with Gasteiger partial charge in [0.25, 0.3) is 0 Å². The van der Waals surface area contributed by atoms with E-state index in [2.05, 4.69) is 12.2 Å². The Bertz CT molecular complexity index is 679. The van der Waals surface area contributed by atoms with Gasteiger partial charge in [-0.3, -0.25) is 4.79 Å². The molecule has 1 amide bonds. The molecule has 5 fully saturated rings. The van der Waals surface area contributed by atoms with E-state index >= 15 is 0 Å². The van der Waals surface area contributed by atoms with Crippen LogP contribution in [0.2, 0.25) is 0 Å². The third-order valence-electron chi connectivity index (χ3n) is 9.50. The average molecular weight is 424 g/mol. The predicted octanol–water partition coefficient (Wildman–Crippen LogP) is 4.87. The largest absolute Gasteiger partial charge is 0.353 e. The Hall–Kier alpha value is -0.580. The van der Waals surface area contributed by atoms with E-state index in [0.717, 1.165) is 56.8 Å². The van der Waals surface area contributed by atoms with Crippen LogP contribution in [0.4, 0.5) is 0 Å². The molecule has 0 aliphatic heterocycles. The fourth-order valence-corrected chi connectivity index (χ4v) is 8.20. The zero-order valence-corrected chi connectivity index (χ0v) is 19.4. The molecule has 0 aromatic rings. The molecule has 4 nitrogen and oxygen atoms in total. The number of sulfone groups is 1. The minimum absolute atomic E-state index is 0.176. The summed E-state index contributed by atoms with van der Waals surface area (Å²) < 4.78 is 23.9. The van der Waals surface area contributed by atoms with E-state index in [1.807, 2.05) is 0 Å². The number of fused-ring (bicyclic) bond motifs is 5. The van der Waals surface area contributed by atoms with E-state index < -0.39 is 9.84 Å². The summed E-state index contributed by atoms with van der Waals surface area (Å²) in [6.07, 6.45) is 15.0. The second-order valence-corrected chi connectivity index (χ2v) is 13.6. The fraction of sp³-hybridized carbons (Fsp3) is 0.958. The first-order valence-electron chi connectivity index (χ1n) is 12.3. The zero-order valence-electron chi connectivity index (χ0n) is 18.5. The SMILES string of the molecule is CCS(=O)(=O)CCC12CCC(C(=O)NC(C)C3CC4CCCC(C4)C3)(CC1)CC2. The van der Waals surface area contributed by atoms with Crippen LogP contribution in [0.15, 0.2) is 0 Å². The molecule has 0 spiro atoms. The lowest BCUT2D eigenvalue weighted by atomic mass is 9.52. The molecular weight excluding hydrogens is 382 g/mol. The van der Waals surface area contributed by atoms with Crippen LogP contribution in [0.25, 0.3) is 0 Å².